The Kier molecular flexibility index (Phi) is 6.03. The van der Waals surface area contributed by atoms with Gasteiger partial charge in [0, 0.05) is 28.7 Å². The van der Waals surface area contributed by atoms with Crippen LogP contribution in [0.3, 0.4) is 0 Å². The zero-order chi connectivity index (χ0) is 16.9. The van der Waals surface area contributed by atoms with E-state index in [1.807, 2.05) is 18.2 Å². The molecule has 0 aliphatic carbocycles. The summed E-state index contributed by atoms with van der Waals surface area (Å²) in [6.45, 7) is 1.62. The summed E-state index contributed by atoms with van der Waals surface area (Å²) in [5.74, 6) is 0.321. The van der Waals surface area contributed by atoms with E-state index in [1.54, 1.807) is 23.0 Å². The maximum absolute atomic E-state index is 11.8. The van der Waals surface area contributed by atoms with E-state index in [2.05, 4.69) is 9.97 Å². The Morgan fingerprint density at radius 1 is 1.33 bits per heavy atom. The van der Waals surface area contributed by atoms with Gasteiger partial charge in [-0.05, 0) is 31.0 Å². The lowest BCUT2D eigenvalue weighted by Gasteiger charge is -2.30. The SMILES string of the molecule is O=C(OCCCl)N1CCC(Sc2ncnc3ccc(Cl)cc23)CC1. The van der Waals surface area contributed by atoms with E-state index >= 15 is 0 Å². The van der Waals surface area contributed by atoms with Crippen LogP contribution >= 0.6 is 35.0 Å². The zero-order valence-electron chi connectivity index (χ0n) is 13.0. The van der Waals surface area contributed by atoms with Crippen molar-refractivity contribution >= 4 is 52.0 Å². The number of fused-ring (bicyclic) bond motifs is 1. The standard InChI is InChI=1S/C16H17Cl2N3O2S/c17-5-8-23-16(22)21-6-3-12(4-7-21)24-15-13-9-11(18)1-2-14(13)19-10-20-15/h1-2,9-10,12H,3-8H2. The van der Waals surface area contributed by atoms with Gasteiger partial charge in [0.15, 0.2) is 0 Å². The van der Waals surface area contributed by atoms with E-state index in [4.69, 9.17) is 27.9 Å². The molecule has 128 valence electrons. The summed E-state index contributed by atoms with van der Waals surface area (Å²) in [6, 6.07) is 5.63. The lowest BCUT2D eigenvalue weighted by atomic mass is 10.1. The number of halogens is 2. The van der Waals surface area contributed by atoms with Crippen LogP contribution in [-0.4, -0.2) is 51.8 Å². The second kappa shape index (κ2) is 8.23. The molecular formula is C16H17Cl2N3O2S. The third-order valence-electron chi connectivity index (χ3n) is 3.84. The van der Waals surface area contributed by atoms with Crippen LogP contribution in [0.5, 0.6) is 0 Å². The summed E-state index contributed by atoms with van der Waals surface area (Å²) in [5.41, 5.74) is 0.888. The summed E-state index contributed by atoms with van der Waals surface area (Å²) in [4.78, 5) is 22.3. The monoisotopic (exact) mass is 385 g/mol. The lowest BCUT2D eigenvalue weighted by Crippen LogP contribution is -2.39. The van der Waals surface area contributed by atoms with Crippen molar-refractivity contribution in [1.82, 2.24) is 14.9 Å². The largest absolute Gasteiger partial charge is 0.448 e. The third-order valence-corrected chi connectivity index (χ3v) is 5.58. The van der Waals surface area contributed by atoms with Gasteiger partial charge in [-0.2, -0.15) is 0 Å². The quantitative estimate of drug-likeness (QED) is 0.582. The maximum atomic E-state index is 11.8. The molecule has 1 aromatic heterocycles. The van der Waals surface area contributed by atoms with Gasteiger partial charge in [-0.15, -0.1) is 23.4 Å². The molecule has 24 heavy (non-hydrogen) atoms. The van der Waals surface area contributed by atoms with Crippen LogP contribution in [0.1, 0.15) is 12.8 Å². The molecule has 0 radical (unpaired) electrons. The van der Waals surface area contributed by atoms with E-state index in [-0.39, 0.29) is 12.7 Å². The third kappa shape index (κ3) is 4.23. The molecule has 0 bridgehead atoms. The molecular weight excluding hydrogens is 369 g/mol. The van der Waals surface area contributed by atoms with Crippen molar-refractivity contribution in [3.05, 3.63) is 29.5 Å². The molecule has 0 N–H and O–H groups in total. The fourth-order valence-electron chi connectivity index (χ4n) is 2.63. The van der Waals surface area contributed by atoms with Crippen LogP contribution in [0.15, 0.2) is 29.6 Å². The molecule has 1 aliphatic rings. The van der Waals surface area contributed by atoms with Crippen LogP contribution in [0.25, 0.3) is 10.9 Å². The van der Waals surface area contributed by atoms with E-state index in [9.17, 15) is 4.79 Å². The van der Waals surface area contributed by atoms with Gasteiger partial charge in [-0.25, -0.2) is 14.8 Å². The molecule has 2 aromatic rings. The Morgan fingerprint density at radius 2 is 2.12 bits per heavy atom. The van der Waals surface area contributed by atoms with Crippen LogP contribution in [0, 0.1) is 0 Å². The minimum atomic E-state index is -0.279. The number of benzene rings is 1. The van der Waals surface area contributed by atoms with Crippen LogP contribution in [0.4, 0.5) is 4.79 Å². The molecule has 0 atom stereocenters. The first kappa shape index (κ1) is 17.6. The molecule has 1 saturated heterocycles. The summed E-state index contributed by atoms with van der Waals surface area (Å²) < 4.78 is 5.07. The van der Waals surface area contributed by atoms with Gasteiger partial charge in [0.05, 0.1) is 11.4 Å². The molecule has 1 aromatic carbocycles. The van der Waals surface area contributed by atoms with Crippen molar-refractivity contribution in [3.8, 4) is 0 Å². The topological polar surface area (TPSA) is 55.3 Å². The molecule has 0 unspecified atom stereocenters. The zero-order valence-corrected chi connectivity index (χ0v) is 15.3. The highest BCUT2D eigenvalue weighted by Gasteiger charge is 2.25. The molecule has 1 aliphatic heterocycles. The predicted molar refractivity (Wildman–Crippen MR) is 97.1 cm³/mol. The number of nitrogens with zero attached hydrogens (tertiary/aromatic N) is 3. The predicted octanol–water partition coefficient (Wildman–Crippen LogP) is 4.22. The van der Waals surface area contributed by atoms with E-state index < -0.39 is 0 Å². The summed E-state index contributed by atoms with van der Waals surface area (Å²) in [6.07, 6.45) is 3.09. The number of carbonyl (C=O) groups is 1. The number of alkyl halides is 1. The van der Waals surface area contributed by atoms with Gasteiger partial charge in [0.1, 0.15) is 18.0 Å². The smallest absolute Gasteiger partial charge is 0.409 e. The second-order valence-corrected chi connectivity index (χ2v) is 7.55. The fraction of sp³-hybridized carbons (Fsp3) is 0.438. The van der Waals surface area contributed by atoms with E-state index in [0.717, 1.165) is 28.8 Å². The van der Waals surface area contributed by atoms with Gasteiger partial charge in [0.2, 0.25) is 0 Å². The molecule has 3 rings (SSSR count). The highest BCUT2D eigenvalue weighted by molar-refractivity contribution is 8.00. The van der Waals surface area contributed by atoms with Gasteiger partial charge >= 0.3 is 6.09 Å². The normalized spacial score (nSPS) is 15.7. The molecule has 1 amide bonds. The van der Waals surface area contributed by atoms with E-state index in [1.165, 1.54) is 0 Å². The van der Waals surface area contributed by atoms with Crippen LogP contribution in [0.2, 0.25) is 5.02 Å². The Morgan fingerprint density at radius 3 is 2.88 bits per heavy atom. The molecule has 8 heteroatoms. The second-order valence-electron chi connectivity index (χ2n) is 5.45. The number of ether oxygens (including phenoxy) is 1. The number of hydrogen-bond acceptors (Lipinski definition) is 5. The van der Waals surface area contributed by atoms with Gasteiger partial charge in [0.25, 0.3) is 0 Å². The number of thioether (sulfide) groups is 1. The van der Waals surface area contributed by atoms with Crippen molar-refractivity contribution in [1.29, 1.82) is 0 Å². The van der Waals surface area contributed by atoms with Crippen molar-refractivity contribution < 1.29 is 9.53 Å². The fourth-order valence-corrected chi connectivity index (χ4v) is 4.04. The minimum Gasteiger partial charge on any atom is -0.448 e. The Labute approximate surface area is 154 Å². The lowest BCUT2D eigenvalue weighted by molar-refractivity contribution is 0.101. The molecule has 1 fully saturated rings. The van der Waals surface area contributed by atoms with Crippen molar-refractivity contribution in [3.63, 3.8) is 0 Å². The van der Waals surface area contributed by atoms with E-state index in [0.29, 0.717) is 29.2 Å². The first-order valence-electron chi connectivity index (χ1n) is 7.72. The first-order chi connectivity index (χ1) is 11.7. The average molecular weight is 386 g/mol. The number of aromatic nitrogens is 2. The van der Waals surface area contributed by atoms with Crippen LogP contribution < -0.4 is 0 Å². The van der Waals surface area contributed by atoms with Crippen molar-refractivity contribution in [2.45, 2.75) is 23.1 Å². The Bertz CT molecular complexity index is 724. The maximum Gasteiger partial charge on any atom is 0.409 e. The minimum absolute atomic E-state index is 0.253. The number of likely N-dealkylation sites (tertiary alicyclic amines) is 1. The summed E-state index contributed by atoms with van der Waals surface area (Å²) >= 11 is 13.4. The number of carbonyl (C=O) groups excluding carboxylic acids is 1. The summed E-state index contributed by atoms with van der Waals surface area (Å²) in [5, 5.41) is 2.99. The van der Waals surface area contributed by atoms with Crippen LogP contribution in [-0.2, 0) is 4.74 Å². The average Bonchev–Trinajstić information content (AvgIpc) is 2.61. The van der Waals surface area contributed by atoms with Gasteiger partial charge in [-0.1, -0.05) is 11.6 Å². The number of rotatable bonds is 4. The molecule has 2 heterocycles. The van der Waals surface area contributed by atoms with Gasteiger partial charge < -0.3 is 9.64 Å². The highest BCUT2D eigenvalue weighted by atomic mass is 35.5. The first-order valence-corrected chi connectivity index (χ1v) is 9.51. The Hall–Kier alpha value is -1.24. The number of piperidine rings is 1. The summed E-state index contributed by atoms with van der Waals surface area (Å²) in [7, 11) is 0. The number of amides is 1. The molecule has 0 saturated carbocycles. The highest BCUT2D eigenvalue weighted by Crippen LogP contribution is 2.33. The Balaban J connectivity index is 1.62. The van der Waals surface area contributed by atoms with Gasteiger partial charge in [-0.3, -0.25) is 0 Å². The van der Waals surface area contributed by atoms with Crippen molar-refractivity contribution in [2.24, 2.45) is 0 Å². The van der Waals surface area contributed by atoms with Crippen molar-refractivity contribution in [2.75, 3.05) is 25.6 Å². The molecule has 5 nitrogen and oxygen atoms in total. The molecule has 0 spiro atoms. The number of hydrogen-bond donors (Lipinski definition) is 0.